The Bertz CT molecular complexity index is 390. The predicted octanol–water partition coefficient (Wildman–Crippen LogP) is 0.217. The maximum atomic E-state index is 12.0. The van der Waals surface area contributed by atoms with Crippen LogP contribution in [0.15, 0.2) is 12.3 Å². The maximum Gasteiger partial charge on any atom is 0.268 e. The van der Waals surface area contributed by atoms with Crippen LogP contribution in [0.3, 0.4) is 0 Å². The summed E-state index contributed by atoms with van der Waals surface area (Å²) in [6.45, 7) is 2.98. The van der Waals surface area contributed by atoms with E-state index in [0.717, 1.165) is 0 Å². The van der Waals surface area contributed by atoms with E-state index >= 15 is 0 Å². The van der Waals surface area contributed by atoms with Crippen LogP contribution < -0.4 is 11.1 Å². The molecule has 1 atom stereocenters. The summed E-state index contributed by atoms with van der Waals surface area (Å²) in [5, 5.41) is 11.9. The van der Waals surface area contributed by atoms with Crippen molar-refractivity contribution in [2.45, 2.75) is 25.9 Å². The van der Waals surface area contributed by atoms with Gasteiger partial charge in [0.15, 0.2) is 0 Å². The fourth-order valence-electron chi connectivity index (χ4n) is 1.71. The molecular formula is C12H21N3O3. The second-order valence-corrected chi connectivity index (χ2v) is 4.08. The van der Waals surface area contributed by atoms with Crippen molar-refractivity contribution in [1.82, 2.24) is 9.88 Å². The summed E-state index contributed by atoms with van der Waals surface area (Å²) in [5.41, 5.74) is 6.73. The Kier molecular flexibility index (Phi) is 5.67. The molecule has 102 valence electrons. The van der Waals surface area contributed by atoms with E-state index in [1.54, 1.807) is 23.9 Å². The standard InChI is InChI=1S/C12H21N3O3/c1-3-15-7-9(13)6-11(15)12(17)14-10(8-16)4-5-18-2/h6-7,10,16H,3-5,8,13H2,1-2H3,(H,14,17). The molecule has 0 bridgehead atoms. The Labute approximate surface area is 107 Å². The molecule has 6 nitrogen and oxygen atoms in total. The van der Waals surface area contributed by atoms with Crippen molar-refractivity contribution in [2.24, 2.45) is 0 Å². The van der Waals surface area contributed by atoms with Crippen molar-refractivity contribution in [2.75, 3.05) is 26.1 Å². The van der Waals surface area contributed by atoms with Crippen LogP contribution >= 0.6 is 0 Å². The first-order valence-electron chi connectivity index (χ1n) is 5.98. The number of aromatic nitrogens is 1. The van der Waals surface area contributed by atoms with Crippen molar-refractivity contribution in [1.29, 1.82) is 0 Å². The summed E-state index contributed by atoms with van der Waals surface area (Å²) < 4.78 is 6.70. The van der Waals surface area contributed by atoms with Gasteiger partial charge >= 0.3 is 0 Å². The molecule has 0 aliphatic rings. The van der Waals surface area contributed by atoms with Crippen LogP contribution in [0.25, 0.3) is 0 Å². The minimum Gasteiger partial charge on any atom is -0.397 e. The number of nitrogens with zero attached hydrogens (tertiary/aromatic N) is 1. The fourth-order valence-corrected chi connectivity index (χ4v) is 1.71. The van der Waals surface area contributed by atoms with Crippen LogP contribution in [0.1, 0.15) is 23.8 Å². The minimum atomic E-state index is -0.307. The van der Waals surface area contributed by atoms with E-state index in [9.17, 15) is 9.90 Å². The molecule has 0 radical (unpaired) electrons. The first kappa shape index (κ1) is 14.5. The lowest BCUT2D eigenvalue weighted by molar-refractivity contribution is 0.0885. The summed E-state index contributed by atoms with van der Waals surface area (Å²) in [5.74, 6) is -0.233. The average Bonchev–Trinajstić information content (AvgIpc) is 2.75. The van der Waals surface area contributed by atoms with E-state index in [1.165, 1.54) is 0 Å². The SMILES string of the molecule is CCn1cc(N)cc1C(=O)NC(CO)CCOC. The third-order valence-electron chi connectivity index (χ3n) is 2.72. The Morgan fingerprint density at radius 3 is 2.94 bits per heavy atom. The molecule has 0 spiro atoms. The van der Waals surface area contributed by atoms with Crippen LogP contribution in [-0.4, -0.2) is 41.9 Å². The lowest BCUT2D eigenvalue weighted by Gasteiger charge is -2.16. The first-order chi connectivity index (χ1) is 8.62. The zero-order valence-corrected chi connectivity index (χ0v) is 10.8. The second-order valence-electron chi connectivity index (χ2n) is 4.08. The molecule has 0 saturated carbocycles. The third kappa shape index (κ3) is 3.75. The van der Waals surface area contributed by atoms with Crippen LogP contribution in [0.5, 0.6) is 0 Å². The number of aliphatic hydroxyl groups is 1. The molecule has 0 aliphatic carbocycles. The monoisotopic (exact) mass is 255 g/mol. The van der Waals surface area contributed by atoms with Crippen LogP contribution in [-0.2, 0) is 11.3 Å². The number of aryl methyl sites for hydroxylation is 1. The van der Waals surface area contributed by atoms with Gasteiger partial charge in [-0.15, -0.1) is 0 Å². The van der Waals surface area contributed by atoms with E-state index in [0.29, 0.717) is 31.0 Å². The lowest BCUT2D eigenvalue weighted by atomic mass is 10.2. The highest BCUT2D eigenvalue weighted by Gasteiger charge is 2.16. The highest BCUT2D eigenvalue weighted by molar-refractivity contribution is 5.94. The number of methoxy groups -OCH3 is 1. The number of hydrogen-bond donors (Lipinski definition) is 3. The number of ether oxygens (including phenoxy) is 1. The molecule has 4 N–H and O–H groups in total. The number of aliphatic hydroxyl groups excluding tert-OH is 1. The summed E-state index contributed by atoms with van der Waals surface area (Å²) in [7, 11) is 1.58. The van der Waals surface area contributed by atoms with Crippen molar-refractivity contribution >= 4 is 11.6 Å². The van der Waals surface area contributed by atoms with Crippen LogP contribution in [0.4, 0.5) is 5.69 Å². The van der Waals surface area contributed by atoms with Gasteiger partial charge in [-0.25, -0.2) is 0 Å². The van der Waals surface area contributed by atoms with Crippen LogP contribution in [0.2, 0.25) is 0 Å². The zero-order valence-electron chi connectivity index (χ0n) is 10.8. The summed E-state index contributed by atoms with van der Waals surface area (Å²) in [6, 6.07) is 1.32. The molecular weight excluding hydrogens is 234 g/mol. The lowest BCUT2D eigenvalue weighted by Crippen LogP contribution is -2.39. The number of nitrogens with two attached hydrogens (primary N) is 1. The number of hydrogen-bond acceptors (Lipinski definition) is 4. The Hall–Kier alpha value is -1.53. The molecule has 0 aliphatic heterocycles. The number of amides is 1. The van der Waals surface area contributed by atoms with E-state index in [-0.39, 0.29) is 18.6 Å². The number of anilines is 1. The summed E-state index contributed by atoms with van der Waals surface area (Å²) in [4.78, 5) is 12.0. The highest BCUT2D eigenvalue weighted by Crippen LogP contribution is 2.10. The first-order valence-corrected chi connectivity index (χ1v) is 5.98. The van der Waals surface area contributed by atoms with Crippen LogP contribution in [0, 0.1) is 0 Å². The zero-order chi connectivity index (χ0) is 13.5. The molecule has 0 saturated heterocycles. The van der Waals surface area contributed by atoms with Gasteiger partial charge in [-0.05, 0) is 19.4 Å². The topological polar surface area (TPSA) is 89.5 Å². The normalized spacial score (nSPS) is 12.4. The average molecular weight is 255 g/mol. The molecule has 1 aromatic heterocycles. The minimum absolute atomic E-state index is 0.114. The fraction of sp³-hybridized carbons (Fsp3) is 0.583. The number of carbonyl (C=O) groups excluding carboxylic acids is 1. The van der Waals surface area contributed by atoms with Crippen molar-refractivity contribution in [3.05, 3.63) is 18.0 Å². The molecule has 1 unspecified atom stereocenters. The van der Waals surface area contributed by atoms with E-state index in [1.807, 2.05) is 6.92 Å². The van der Waals surface area contributed by atoms with E-state index in [2.05, 4.69) is 5.32 Å². The van der Waals surface area contributed by atoms with Crippen molar-refractivity contribution in [3.63, 3.8) is 0 Å². The van der Waals surface area contributed by atoms with E-state index in [4.69, 9.17) is 10.5 Å². The molecule has 1 rings (SSSR count). The Morgan fingerprint density at radius 1 is 1.67 bits per heavy atom. The number of nitrogens with one attached hydrogen (secondary N) is 1. The van der Waals surface area contributed by atoms with Gasteiger partial charge in [-0.1, -0.05) is 0 Å². The van der Waals surface area contributed by atoms with Gasteiger partial charge in [0, 0.05) is 26.5 Å². The van der Waals surface area contributed by atoms with Gasteiger partial charge in [-0.2, -0.15) is 0 Å². The van der Waals surface area contributed by atoms with Gasteiger partial charge < -0.3 is 25.5 Å². The summed E-state index contributed by atoms with van der Waals surface area (Å²) in [6.07, 6.45) is 2.29. The molecule has 18 heavy (non-hydrogen) atoms. The number of rotatable bonds is 7. The largest absolute Gasteiger partial charge is 0.397 e. The molecule has 1 heterocycles. The molecule has 1 aromatic rings. The van der Waals surface area contributed by atoms with Crippen molar-refractivity contribution < 1.29 is 14.6 Å². The highest BCUT2D eigenvalue weighted by atomic mass is 16.5. The Morgan fingerprint density at radius 2 is 2.39 bits per heavy atom. The van der Waals surface area contributed by atoms with E-state index < -0.39 is 0 Å². The van der Waals surface area contributed by atoms with Gasteiger partial charge in [0.05, 0.1) is 18.3 Å². The molecule has 6 heteroatoms. The summed E-state index contributed by atoms with van der Waals surface area (Å²) >= 11 is 0. The molecule has 1 amide bonds. The third-order valence-corrected chi connectivity index (χ3v) is 2.72. The Balaban J connectivity index is 2.68. The molecule has 0 aromatic carbocycles. The smallest absolute Gasteiger partial charge is 0.268 e. The van der Waals surface area contributed by atoms with Crippen molar-refractivity contribution in [3.8, 4) is 0 Å². The number of carbonyl (C=O) groups is 1. The quantitative estimate of drug-likeness (QED) is 0.650. The van der Waals surface area contributed by atoms with Gasteiger partial charge in [0.1, 0.15) is 5.69 Å². The van der Waals surface area contributed by atoms with Gasteiger partial charge in [0.2, 0.25) is 0 Å². The van der Waals surface area contributed by atoms with Gasteiger partial charge in [0.25, 0.3) is 5.91 Å². The maximum absolute atomic E-state index is 12.0. The number of nitrogen functional groups attached to an aromatic ring is 1. The predicted molar refractivity (Wildman–Crippen MR) is 69.4 cm³/mol. The second kappa shape index (κ2) is 7.03. The molecule has 0 fully saturated rings. The van der Waals surface area contributed by atoms with Gasteiger partial charge in [-0.3, -0.25) is 4.79 Å².